The van der Waals surface area contributed by atoms with Crippen molar-refractivity contribution < 1.29 is 15.0 Å². The second-order valence-corrected chi connectivity index (χ2v) is 5.97. The van der Waals surface area contributed by atoms with Gasteiger partial charge in [-0.3, -0.25) is 9.69 Å². The second kappa shape index (κ2) is 6.59. The predicted molar refractivity (Wildman–Crippen MR) is 92.2 cm³/mol. The first-order valence-electron chi connectivity index (χ1n) is 8.05. The lowest BCUT2D eigenvalue weighted by Crippen LogP contribution is -2.47. The van der Waals surface area contributed by atoms with E-state index in [1.165, 1.54) is 4.90 Å². The number of nitrogens with zero attached hydrogens (tertiary/aromatic N) is 1. The first kappa shape index (κ1) is 16.4. The predicted octanol–water partition coefficient (Wildman–Crippen LogP) is 2.99. The van der Waals surface area contributed by atoms with Crippen LogP contribution in [0.3, 0.4) is 0 Å². The molecule has 2 N–H and O–H groups in total. The summed E-state index contributed by atoms with van der Waals surface area (Å²) < 4.78 is 0. The van der Waals surface area contributed by atoms with Gasteiger partial charge in [0.2, 0.25) is 0 Å². The van der Waals surface area contributed by atoms with Gasteiger partial charge in [-0.05, 0) is 18.1 Å². The zero-order valence-corrected chi connectivity index (χ0v) is 13.4. The fourth-order valence-electron chi connectivity index (χ4n) is 3.42. The van der Waals surface area contributed by atoms with Crippen molar-refractivity contribution in [3.63, 3.8) is 0 Å². The van der Waals surface area contributed by atoms with Crippen LogP contribution < -0.4 is 0 Å². The number of hydrogen-bond donors (Lipinski definition) is 2. The Morgan fingerprint density at radius 3 is 2.46 bits per heavy atom. The van der Waals surface area contributed by atoms with Gasteiger partial charge in [-0.2, -0.15) is 0 Å². The van der Waals surface area contributed by atoms with Gasteiger partial charge in [0.25, 0.3) is 5.91 Å². The van der Waals surface area contributed by atoms with Gasteiger partial charge in [0.1, 0.15) is 0 Å². The molecule has 1 amide bonds. The molecule has 2 atom stereocenters. The molecular weight excluding hydrogens is 302 g/mol. The fourth-order valence-corrected chi connectivity index (χ4v) is 3.42. The zero-order chi connectivity index (χ0) is 17.2. The molecule has 0 spiro atoms. The van der Waals surface area contributed by atoms with Crippen molar-refractivity contribution in [1.29, 1.82) is 0 Å². The minimum absolute atomic E-state index is 0.264. The fraction of sp³-hybridized carbons (Fsp3) is 0.250. The summed E-state index contributed by atoms with van der Waals surface area (Å²) >= 11 is 0. The molecule has 0 aliphatic carbocycles. The Morgan fingerprint density at radius 1 is 1.12 bits per heavy atom. The summed E-state index contributed by atoms with van der Waals surface area (Å²) in [5, 5.41) is 21.4. The lowest BCUT2D eigenvalue weighted by Gasteiger charge is -2.39. The maximum absolute atomic E-state index is 13.0. The summed E-state index contributed by atoms with van der Waals surface area (Å²) in [6, 6.07) is 15.8. The van der Waals surface area contributed by atoms with Crippen molar-refractivity contribution >= 4 is 5.91 Å². The standard InChI is InChI=1S/C20H21NO3/c1-2-3-13-20(24)17-12-8-7-11-16(17)19(23)21(20)18(14-22)15-9-5-4-6-10-15/h2,4-12,18,22,24H,1,3,13-14H2. The van der Waals surface area contributed by atoms with Crippen molar-refractivity contribution in [2.45, 2.75) is 24.6 Å². The van der Waals surface area contributed by atoms with Crippen LogP contribution in [0.4, 0.5) is 0 Å². The third kappa shape index (κ3) is 2.54. The molecule has 0 saturated carbocycles. The van der Waals surface area contributed by atoms with Gasteiger partial charge in [0, 0.05) is 17.5 Å². The van der Waals surface area contributed by atoms with Crippen LogP contribution in [0, 0.1) is 0 Å². The van der Waals surface area contributed by atoms with Crippen LogP contribution in [-0.4, -0.2) is 27.6 Å². The summed E-state index contributed by atoms with van der Waals surface area (Å²) in [5.41, 5.74) is 0.410. The smallest absolute Gasteiger partial charge is 0.257 e. The maximum atomic E-state index is 13.0. The van der Waals surface area contributed by atoms with E-state index in [2.05, 4.69) is 6.58 Å². The zero-order valence-electron chi connectivity index (χ0n) is 13.4. The van der Waals surface area contributed by atoms with Crippen LogP contribution in [0.15, 0.2) is 67.3 Å². The lowest BCUT2D eigenvalue weighted by atomic mass is 9.95. The van der Waals surface area contributed by atoms with Crippen molar-refractivity contribution in [2.75, 3.05) is 6.61 Å². The molecule has 1 aliphatic heterocycles. The van der Waals surface area contributed by atoms with Crippen molar-refractivity contribution in [2.24, 2.45) is 0 Å². The van der Waals surface area contributed by atoms with E-state index in [4.69, 9.17) is 0 Å². The molecule has 24 heavy (non-hydrogen) atoms. The Kier molecular flexibility index (Phi) is 4.51. The number of amides is 1. The van der Waals surface area contributed by atoms with Crippen molar-refractivity contribution in [1.82, 2.24) is 4.90 Å². The van der Waals surface area contributed by atoms with E-state index in [0.29, 0.717) is 24.0 Å². The summed E-state index contributed by atoms with van der Waals surface area (Å²) in [6.45, 7) is 3.45. The Balaban J connectivity index is 2.11. The van der Waals surface area contributed by atoms with Crippen LogP contribution >= 0.6 is 0 Å². The Bertz CT molecular complexity index is 744. The normalized spacial score (nSPS) is 20.8. The minimum Gasteiger partial charge on any atom is -0.394 e. The van der Waals surface area contributed by atoms with Crippen molar-refractivity contribution in [3.8, 4) is 0 Å². The van der Waals surface area contributed by atoms with E-state index in [1.54, 1.807) is 24.3 Å². The minimum atomic E-state index is -1.45. The number of carbonyl (C=O) groups excluding carboxylic acids is 1. The highest BCUT2D eigenvalue weighted by atomic mass is 16.3. The monoisotopic (exact) mass is 323 g/mol. The Labute approximate surface area is 141 Å². The van der Waals surface area contributed by atoms with Crippen LogP contribution in [0.1, 0.15) is 40.4 Å². The lowest BCUT2D eigenvalue weighted by molar-refractivity contribution is -0.115. The van der Waals surface area contributed by atoms with E-state index in [9.17, 15) is 15.0 Å². The molecule has 1 aliphatic rings. The number of allylic oxidation sites excluding steroid dienone is 1. The molecule has 0 aromatic heterocycles. The quantitative estimate of drug-likeness (QED) is 0.804. The van der Waals surface area contributed by atoms with Gasteiger partial charge in [0.05, 0.1) is 12.6 Å². The van der Waals surface area contributed by atoms with Crippen LogP contribution in [0.25, 0.3) is 0 Å². The van der Waals surface area contributed by atoms with Gasteiger partial charge in [0.15, 0.2) is 5.72 Å². The molecule has 0 saturated heterocycles. The highest BCUT2D eigenvalue weighted by Gasteiger charge is 2.50. The maximum Gasteiger partial charge on any atom is 0.257 e. The van der Waals surface area contributed by atoms with E-state index in [1.807, 2.05) is 36.4 Å². The largest absolute Gasteiger partial charge is 0.394 e. The van der Waals surface area contributed by atoms with Gasteiger partial charge < -0.3 is 10.2 Å². The van der Waals surface area contributed by atoms with E-state index in [0.717, 1.165) is 5.56 Å². The third-order valence-corrected chi connectivity index (χ3v) is 4.57. The van der Waals surface area contributed by atoms with Crippen LogP contribution in [0.2, 0.25) is 0 Å². The molecule has 0 bridgehead atoms. The summed E-state index contributed by atoms with van der Waals surface area (Å²) in [5.74, 6) is -0.264. The molecular formula is C20H21NO3. The van der Waals surface area contributed by atoms with E-state index >= 15 is 0 Å². The van der Waals surface area contributed by atoms with Crippen LogP contribution in [-0.2, 0) is 5.72 Å². The summed E-state index contributed by atoms with van der Waals surface area (Å²) in [4.78, 5) is 14.4. The molecule has 0 radical (unpaired) electrons. The van der Waals surface area contributed by atoms with Crippen LogP contribution in [0.5, 0.6) is 0 Å². The number of rotatable bonds is 6. The van der Waals surface area contributed by atoms with E-state index in [-0.39, 0.29) is 12.5 Å². The molecule has 0 fully saturated rings. The summed E-state index contributed by atoms with van der Waals surface area (Å²) in [7, 11) is 0. The van der Waals surface area contributed by atoms with E-state index < -0.39 is 11.8 Å². The molecule has 1 heterocycles. The van der Waals surface area contributed by atoms with Crippen molar-refractivity contribution in [3.05, 3.63) is 83.9 Å². The highest BCUT2D eigenvalue weighted by Crippen LogP contribution is 2.45. The molecule has 2 aromatic rings. The third-order valence-electron chi connectivity index (χ3n) is 4.57. The molecule has 4 heteroatoms. The molecule has 124 valence electrons. The molecule has 4 nitrogen and oxygen atoms in total. The number of carbonyl (C=O) groups is 1. The molecule has 2 unspecified atom stereocenters. The topological polar surface area (TPSA) is 60.8 Å². The van der Waals surface area contributed by atoms with Gasteiger partial charge in [-0.1, -0.05) is 54.6 Å². The second-order valence-electron chi connectivity index (χ2n) is 5.97. The van der Waals surface area contributed by atoms with Gasteiger partial charge >= 0.3 is 0 Å². The average molecular weight is 323 g/mol. The van der Waals surface area contributed by atoms with Gasteiger partial charge in [-0.25, -0.2) is 0 Å². The molecule has 2 aromatic carbocycles. The Morgan fingerprint density at radius 2 is 1.79 bits per heavy atom. The number of hydrogen-bond acceptors (Lipinski definition) is 3. The number of aliphatic hydroxyl groups is 2. The first-order valence-corrected chi connectivity index (χ1v) is 8.05. The number of benzene rings is 2. The average Bonchev–Trinajstić information content (AvgIpc) is 2.85. The summed E-state index contributed by atoms with van der Waals surface area (Å²) in [6.07, 6.45) is 2.61. The SMILES string of the molecule is C=CCCC1(O)c2ccccc2C(=O)N1C(CO)c1ccccc1. The first-order chi connectivity index (χ1) is 11.6. The number of fused-ring (bicyclic) bond motifs is 1. The Hall–Kier alpha value is -2.43. The number of aliphatic hydroxyl groups excluding tert-OH is 1. The highest BCUT2D eigenvalue weighted by molar-refractivity contribution is 6.00. The molecule has 3 rings (SSSR count). The van der Waals surface area contributed by atoms with Gasteiger partial charge in [-0.15, -0.1) is 6.58 Å².